The van der Waals surface area contributed by atoms with Crippen molar-refractivity contribution in [1.82, 2.24) is 14.8 Å². The second-order valence-corrected chi connectivity index (χ2v) is 10.0. The van der Waals surface area contributed by atoms with Crippen LogP contribution in [0.5, 0.6) is 0 Å². The van der Waals surface area contributed by atoms with Gasteiger partial charge in [-0.1, -0.05) is 48.5 Å². The highest BCUT2D eigenvalue weighted by Crippen LogP contribution is 2.35. The standard InChI is InChI=1S/C29H32N4O3/c1-19-8-6-11-24(20(19)2)30-28(35)25(15-21-9-4-3-5-10-21)31-29(36)32-16-22-14-23(18-32)26-12-7-13-27(34)33(26)17-22/h3-13,22-23,25H,14-18H2,1-2H3,(H,30,35)(H,31,36)/t22-,23+,25-/m0/s1. The fraction of sp³-hybridized carbons (Fsp3) is 0.345. The summed E-state index contributed by atoms with van der Waals surface area (Å²) in [5, 5.41) is 6.05. The summed E-state index contributed by atoms with van der Waals surface area (Å²) in [6.07, 6.45) is 1.36. The number of piperidine rings is 1. The summed E-state index contributed by atoms with van der Waals surface area (Å²) in [5.74, 6) is 0.0990. The molecule has 3 heterocycles. The average Bonchev–Trinajstić information content (AvgIpc) is 2.87. The Balaban J connectivity index is 1.34. The van der Waals surface area contributed by atoms with E-state index in [-0.39, 0.29) is 29.3 Å². The first-order valence-corrected chi connectivity index (χ1v) is 12.5. The van der Waals surface area contributed by atoms with E-state index in [1.807, 2.05) is 77.9 Å². The van der Waals surface area contributed by atoms with E-state index in [1.165, 1.54) is 0 Å². The molecule has 0 spiro atoms. The highest BCUT2D eigenvalue weighted by atomic mass is 16.2. The SMILES string of the molecule is Cc1cccc(NC(=O)[C@H](Cc2ccccc2)NC(=O)N2C[C@@H]3C[C@H](C2)c2cccc(=O)n2C3)c1C. The van der Waals surface area contributed by atoms with Crippen molar-refractivity contribution in [2.45, 2.75) is 45.2 Å². The summed E-state index contributed by atoms with van der Waals surface area (Å²) < 4.78 is 1.85. The van der Waals surface area contributed by atoms with E-state index >= 15 is 0 Å². The first-order chi connectivity index (χ1) is 17.4. The minimum Gasteiger partial charge on any atom is -0.326 e. The number of benzene rings is 2. The number of carbonyl (C=O) groups is 2. The van der Waals surface area contributed by atoms with Gasteiger partial charge in [0.2, 0.25) is 5.91 Å². The maximum atomic E-state index is 13.5. The number of anilines is 1. The molecule has 3 amide bonds. The van der Waals surface area contributed by atoms with Gasteiger partial charge in [-0.25, -0.2) is 4.79 Å². The number of fused-ring (bicyclic) bond motifs is 4. The van der Waals surface area contributed by atoms with E-state index in [4.69, 9.17) is 0 Å². The van der Waals surface area contributed by atoms with Crippen LogP contribution in [0.15, 0.2) is 71.5 Å². The van der Waals surface area contributed by atoms with Crippen LogP contribution in [0.2, 0.25) is 0 Å². The van der Waals surface area contributed by atoms with Crippen molar-refractivity contribution in [1.29, 1.82) is 0 Å². The summed E-state index contributed by atoms with van der Waals surface area (Å²) in [5.41, 5.74) is 4.84. The molecule has 7 nitrogen and oxygen atoms in total. The van der Waals surface area contributed by atoms with E-state index in [0.29, 0.717) is 26.1 Å². The lowest BCUT2D eigenvalue weighted by atomic mass is 9.83. The van der Waals surface area contributed by atoms with Crippen LogP contribution >= 0.6 is 0 Å². The van der Waals surface area contributed by atoms with Crippen molar-refractivity contribution in [3.63, 3.8) is 0 Å². The lowest BCUT2D eigenvalue weighted by Crippen LogP contribution is -2.55. The average molecular weight is 485 g/mol. The lowest BCUT2D eigenvalue weighted by molar-refractivity contribution is -0.118. The largest absolute Gasteiger partial charge is 0.326 e. The van der Waals surface area contributed by atoms with E-state index in [9.17, 15) is 14.4 Å². The minimum atomic E-state index is -0.725. The number of carbonyl (C=O) groups excluding carboxylic acids is 2. The van der Waals surface area contributed by atoms with Gasteiger partial charge in [0.05, 0.1) is 0 Å². The lowest BCUT2D eigenvalue weighted by Gasteiger charge is -2.43. The summed E-state index contributed by atoms with van der Waals surface area (Å²) in [6.45, 7) is 5.71. The van der Waals surface area contributed by atoms with Crippen LogP contribution in [0.4, 0.5) is 10.5 Å². The smallest absolute Gasteiger partial charge is 0.318 e. The van der Waals surface area contributed by atoms with E-state index < -0.39 is 6.04 Å². The Morgan fingerprint density at radius 3 is 2.53 bits per heavy atom. The predicted molar refractivity (Wildman–Crippen MR) is 140 cm³/mol. The Bertz CT molecular complexity index is 1330. The molecule has 2 aromatic carbocycles. The number of nitrogens with one attached hydrogen (secondary N) is 2. The molecule has 7 heteroatoms. The van der Waals surface area contributed by atoms with Crippen molar-refractivity contribution < 1.29 is 9.59 Å². The van der Waals surface area contributed by atoms with E-state index in [1.54, 1.807) is 12.1 Å². The van der Waals surface area contributed by atoms with Gasteiger partial charge in [0, 0.05) is 49.4 Å². The van der Waals surface area contributed by atoms with Gasteiger partial charge in [0.1, 0.15) is 6.04 Å². The fourth-order valence-electron chi connectivity index (χ4n) is 5.47. The van der Waals surface area contributed by atoms with Crippen LogP contribution in [-0.4, -0.2) is 40.5 Å². The normalized spacial score (nSPS) is 19.2. The number of hydrogen-bond donors (Lipinski definition) is 2. The molecule has 2 aliphatic heterocycles. The van der Waals surface area contributed by atoms with Crippen molar-refractivity contribution in [3.05, 3.63) is 99.5 Å². The fourth-order valence-corrected chi connectivity index (χ4v) is 5.47. The van der Waals surface area contributed by atoms with Gasteiger partial charge in [-0.3, -0.25) is 9.59 Å². The molecule has 0 radical (unpaired) electrons. The Labute approximate surface area is 211 Å². The van der Waals surface area contributed by atoms with Gasteiger partial charge in [0.15, 0.2) is 0 Å². The number of aryl methyl sites for hydroxylation is 1. The molecule has 1 aromatic heterocycles. The molecule has 2 aliphatic rings. The van der Waals surface area contributed by atoms with Gasteiger partial charge >= 0.3 is 6.03 Å². The third-order valence-electron chi connectivity index (χ3n) is 7.53. The highest BCUT2D eigenvalue weighted by Gasteiger charge is 2.37. The van der Waals surface area contributed by atoms with Crippen molar-refractivity contribution in [3.8, 4) is 0 Å². The minimum absolute atomic E-state index is 0.0196. The number of aromatic nitrogens is 1. The molecule has 0 saturated carbocycles. The third-order valence-corrected chi connectivity index (χ3v) is 7.53. The summed E-state index contributed by atoms with van der Waals surface area (Å²) >= 11 is 0. The molecule has 1 saturated heterocycles. The summed E-state index contributed by atoms with van der Waals surface area (Å²) in [4.78, 5) is 41.0. The molecule has 5 rings (SSSR count). The quantitative estimate of drug-likeness (QED) is 0.577. The Hall–Kier alpha value is -3.87. The number of urea groups is 1. The molecule has 3 aromatic rings. The van der Waals surface area contributed by atoms with Crippen molar-refractivity contribution >= 4 is 17.6 Å². The second kappa shape index (κ2) is 10.0. The third kappa shape index (κ3) is 4.91. The molecule has 2 bridgehead atoms. The predicted octanol–water partition coefficient (Wildman–Crippen LogP) is 3.84. The van der Waals surface area contributed by atoms with Gasteiger partial charge in [-0.05, 0) is 55.0 Å². The summed E-state index contributed by atoms with van der Waals surface area (Å²) in [7, 11) is 0. The number of nitrogens with zero attached hydrogens (tertiary/aromatic N) is 2. The number of hydrogen-bond acceptors (Lipinski definition) is 3. The summed E-state index contributed by atoms with van der Waals surface area (Å²) in [6, 6.07) is 19.9. The topological polar surface area (TPSA) is 83.4 Å². The Morgan fingerprint density at radius 2 is 1.72 bits per heavy atom. The molecular weight excluding hydrogens is 452 g/mol. The first-order valence-electron chi connectivity index (χ1n) is 12.5. The number of likely N-dealkylation sites (tertiary alicyclic amines) is 1. The van der Waals surface area contributed by atoms with E-state index in [2.05, 4.69) is 10.6 Å². The molecule has 3 atom stereocenters. The van der Waals surface area contributed by atoms with Gasteiger partial charge in [0.25, 0.3) is 5.56 Å². The monoisotopic (exact) mass is 484 g/mol. The molecule has 36 heavy (non-hydrogen) atoms. The van der Waals surface area contributed by atoms with Crippen LogP contribution in [0, 0.1) is 19.8 Å². The second-order valence-electron chi connectivity index (χ2n) is 10.0. The van der Waals surface area contributed by atoms with Gasteiger partial charge in [-0.2, -0.15) is 0 Å². The van der Waals surface area contributed by atoms with Gasteiger partial charge in [-0.15, -0.1) is 0 Å². The number of amides is 3. The molecule has 0 aliphatic carbocycles. The zero-order chi connectivity index (χ0) is 25.2. The molecule has 2 N–H and O–H groups in total. The number of rotatable bonds is 5. The van der Waals surface area contributed by atoms with Crippen molar-refractivity contribution in [2.24, 2.45) is 5.92 Å². The maximum absolute atomic E-state index is 13.5. The Kier molecular flexibility index (Phi) is 6.63. The van der Waals surface area contributed by atoms with Crippen LogP contribution in [0.25, 0.3) is 0 Å². The maximum Gasteiger partial charge on any atom is 0.318 e. The van der Waals surface area contributed by atoms with Crippen LogP contribution in [0.1, 0.15) is 34.7 Å². The van der Waals surface area contributed by atoms with Crippen LogP contribution < -0.4 is 16.2 Å². The molecule has 1 fully saturated rings. The Morgan fingerprint density at radius 1 is 0.944 bits per heavy atom. The molecule has 186 valence electrons. The number of pyridine rings is 1. The first kappa shape index (κ1) is 23.9. The van der Waals surface area contributed by atoms with Gasteiger partial charge < -0.3 is 20.1 Å². The van der Waals surface area contributed by atoms with Crippen molar-refractivity contribution in [2.75, 3.05) is 18.4 Å². The zero-order valence-electron chi connectivity index (χ0n) is 20.7. The van der Waals surface area contributed by atoms with Crippen LogP contribution in [-0.2, 0) is 17.8 Å². The zero-order valence-corrected chi connectivity index (χ0v) is 20.7. The van der Waals surface area contributed by atoms with Crippen LogP contribution in [0.3, 0.4) is 0 Å². The highest BCUT2D eigenvalue weighted by molar-refractivity contribution is 5.97. The van der Waals surface area contributed by atoms with E-state index in [0.717, 1.165) is 34.5 Å². The molecular formula is C29H32N4O3. The molecule has 0 unspecified atom stereocenters.